The van der Waals surface area contributed by atoms with Gasteiger partial charge in [0.2, 0.25) is 17.5 Å². The van der Waals surface area contributed by atoms with Crippen molar-refractivity contribution >= 4 is 17.6 Å². The highest BCUT2D eigenvalue weighted by molar-refractivity contribution is 6.30. The quantitative estimate of drug-likeness (QED) is 0.330. The first kappa shape index (κ1) is 22.3. The first-order valence-corrected chi connectivity index (χ1v) is 10.2. The highest BCUT2D eigenvalue weighted by Gasteiger charge is 2.16. The van der Waals surface area contributed by atoms with E-state index in [-0.39, 0.29) is 25.3 Å². The van der Waals surface area contributed by atoms with Crippen molar-refractivity contribution in [2.45, 2.75) is 19.4 Å². The predicted molar refractivity (Wildman–Crippen MR) is 116 cm³/mol. The first-order valence-electron chi connectivity index (χ1n) is 9.85. The number of carbonyl (C=O) groups excluding carboxylic acids is 1. The molecular weight excluding hydrogens is 452 g/mol. The van der Waals surface area contributed by atoms with Crippen molar-refractivity contribution in [1.29, 1.82) is 0 Å². The van der Waals surface area contributed by atoms with Crippen LogP contribution >= 0.6 is 11.6 Å². The molecule has 0 saturated carbocycles. The standard InChI is InChI=1S/C22H19ClN4O6/c1-29-15-7-8-16(17(11-15)30-2)22-25-19(33-27-22)12-31-20(28)10-9-18-24-21(26-32-18)13-3-5-14(23)6-4-13/h3-8,11H,9-10,12H2,1-2H3. The zero-order valence-electron chi connectivity index (χ0n) is 17.8. The zero-order valence-corrected chi connectivity index (χ0v) is 18.5. The molecule has 0 aliphatic rings. The number of hydrogen-bond donors (Lipinski definition) is 0. The lowest BCUT2D eigenvalue weighted by Crippen LogP contribution is -2.06. The summed E-state index contributed by atoms with van der Waals surface area (Å²) in [7, 11) is 3.09. The number of halogens is 1. The summed E-state index contributed by atoms with van der Waals surface area (Å²) in [5.41, 5.74) is 1.38. The molecule has 0 saturated heterocycles. The van der Waals surface area contributed by atoms with Crippen LogP contribution in [0.1, 0.15) is 18.2 Å². The second kappa shape index (κ2) is 10.1. The van der Waals surface area contributed by atoms with E-state index in [9.17, 15) is 4.79 Å². The van der Waals surface area contributed by atoms with Crippen LogP contribution in [0.2, 0.25) is 5.02 Å². The van der Waals surface area contributed by atoms with Gasteiger partial charge in [-0.1, -0.05) is 21.9 Å². The van der Waals surface area contributed by atoms with E-state index in [4.69, 9.17) is 34.9 Å². The van der Waals surface area contributed by atoms with E-state index in [2.05, 4.69) is 20.3 Å². The number of rotatable bonds is 9. The average Bonchev–Trinajstić information content (AvgIpc) is 3.51. The summed E-state index contributed by atoms with van der Waals surface area (Å²) in [5, 5.41) is 8.44. The van der Waals surface area contributed by atoms with Gasteiger partial charge in [-0.3, -0.25) is 4.79 Å². The molecule has 0 spiro atoms. The summed E-state index contributed by atoms with van der Waals surface area (Å²) in [6, 6.07) is 12.2. The number of methoxy groups -OCH3 is 2. The number of hydrogen-bond acceptors (Lipinski definition) is 10. The third kappa shape index (κ3) is 5.47. The van der Waals surface area contributed by atoms with Crippen LogP contribution in [0.15, 0.2) is 51.5 Å². The SMILES string of the molecule is COc1ccc(-c2noc(COC(=O)CCc3nc(-c4ccc(Cl)cc4)no3)n2)c(OC)c1. The third-order valence-corrected chi connectivity index (χ3v) is 4.84. The Morgan fingerprint density at radius 2 is 1.67 bits per heavy atom. The molecule has 0 aliphatic heterocycles. The number of nitrogens with zero attached hydrogens (tertiary/aromatic N) is 4. The van der Waals surface area contributed by atoms with E-state index in [1.807, 2.05) is 0 Å². The van der Waals surface area contributed by atoms with Crippen LogP contribution in [0.4, 0.5) is 0 Å². The fourth-order valence-corrected chi connectivity index (χ4v) is 3.03. The van der Waals surface area contributed by atoms with E-state index in [1.165, 1.54) is 7.11 Å². The highest BCUT2D eigenvalue weighted by atomic mass is 35.5. The minimum absolute atomic E-state index is 0.0511. The Morgan fingerprint density at radius 3 is 2.42 bits per heavy atom. The fraction of sp³-hybridized carbons (Fsp3) is 0.227. The second-order valence-corrected chi connectivity index (χ2v) is 7.19. The van der Waals surface area contributed by atoms with Crippen LogP contribution in [0.25, 0.3) is 22.8 Å². The molecule has 0 aliphatic carbocycles. The van der Waals surface area contributed by atoms with Gasteiger partial charge in [0.05, 0.1) is 26.2 Å². The number of esters is 1. The minimum Gasteiger partial charge on any atom is -0.497 e. The molecule has 0 unspecified atom stereocenters. The van der Waals surface area contributed by atoms with Gasteiger partial charge in [-0.2, -0.15) is 9.97 Å². The lowest BCUT2D eigenvalue weighted by molar-refractivity contribution is -0.145. The maximum atomic E-state index is 12.1. The van der Waals surface area contributed by atoms with E-state index in [1.54, 1.807) is 49.6 Å². The van der Waals surface area contributed by atoms with Crippen LogP contribution in [0.3, 0.4) is 0 Å². The summed E-state index contributed by atoms with van der Waals surface area (Å²) in [6.07, 6.45) is 0.285. The third-order valence-electron chi connectivity index (χ3n) is 4.59. The van der Waals surface area contributed by atoms with E-state index >= 15 is 0 Å². The van der Waals surface area contributed by atoms with Crippen molar-refractivity contribution in [1.82, 2.24) is 20.3 Å². The average molecular weight is 471 g/mol. The van der Waals surface area contributed by atoms with Crippen molar-refractivity contribution < 1.29 is 28.1 Å². The summed E-state index contributed by atoms with van der Waals surface area (Å²) in [4.78, 5) is 20.6. The van der Waals surface area contributed by atoms with E-state index in [0.29, 0.717) is 39.6 Å². The Labute approximate surface area is 193 Å². The zero-order chi connectivity index (χ0) is 23.2. The summed E-state index contributed by atoms with van der Waals surface area (Å²) >= 11 is 5.88. The topological polar surface area (TPSA) is 123 Å². The molecule has 11 heteroatoms. The smallest absolute Gasteiger partial charge is 0.306 e. The molecule has 170 valence electrons. The molecule has 0 radical (unpaired) electrons. The normalized spacial score (nSPS) is 10.8. The van der Waals surface area contributed by atoms with Gasteiger partial charge in [-0.25, -0.2) is 0 Å². The first-order chi connectivity index (χ1) is 16.1. The van der Waals surface area contributed by atoms with Gasteiger partial charge in [0, 0.05) is 23.1 Å². The Morgan fingerprint density at radius 1 is 0.939 bits per heavy atom. The van der Waals surface area contributed by atoms with Crippen LogP contribution in [0.5, 0.6) is 11.5 Å². The van der Waals surface area contributed by atoms with Crippen molar-refractivity contribution in [2.75, 3.05) is 14.2 Å². The van der Waals surface area contributed by atoms with Crippen LogP contribution in [-0.4, -0.2) is 40.5 Å². The Bertz CT molecular complexity index is 1240. The van der Waals surface area contributed by atoms with Crippen molar-refractivity contribution in [3.05, 3.63) is 59.3 Å². The lowest BCUT2D eigenvalue weighted by Gasteiger charge is -2.07. The largest absolute Gasteiger partial charge is 0.497 e. The van der Waals surface area contributed by atoms with Gasteiger partial charge in [0.25, 0.3) is 5.89 Å². The van der Waals surface area contributed by atoms with Crippen LogP contribution in [0, 0.1) is 0 Å². The van der Waals surface area contributed by atoms with Gasteiger partial charge in [-0.15, -0.1) is 0 Å². The van der Waals surface area contributed by atoms with E-state index < -0.39 is 5.97 Å². The van der Waals surface area contributed by atoms with Crippen LogP contribution in [-0.2, 0) is 22.6 Å². The molecule has 0 bridgehead atoms. The summed E-state index contributed by atoms with van der Waals surface area (Å²) in [6.45, 7) is -0.163. The van der Waals surface area contributed by atoms with Crippen molar-refractivity contribution in [2.24, 2.45) is 0 Å². The Kier molecular flexibility index (Phi) is 6.84. The molecule has 2 aromatic heterocycles. The van der Waals surface area contributed by atoms with Gasteiger partial charge < -0.3 is 23.3 Å². The van der Waals surface area contributed by atoms with Gasteiger partial charge in [0.1, 0.15) is 11.5 Å². The predicted octanol–water partition coefficient (Wildman–Crippen LogP) is 4.13. The maximum absolute atomic E-state index is 12.1. The monoisotopic (exact) mass is 470 g/mol. The van der Waals surface area contributed by atoms with Crippen molar-refractivity contribution in [3.63, 3.8) is 0 Å². The number of benzene rings is 2. The Hall–Kier alpha value is -3.92. The van der Waals surface area contributed by atoms with Gasteiger partial charge in [-0.05, 0) is 36.4 Å². The maximum Gasteiger partial charge on any atom is 0.306 e. The molecule has 10 nitrogen and oxygen atoms in total. The number of carbonyl (C=O) groups is 1. The number of aromatic nitrogens is 4. The molecule has 0 amide bonds. The number of aryl methyl sites for hydroxylation is 1. The molecule has 0 N–H and O–H groups in total. The van der Waals surface area contributed by atoms with E-state index in [0.717, 1.165) is 5.56 Å². The fourth-order valence-electron chi connectivity index (χ4n) is 2.90. The van der Waals surface area contributed by atoms with Gasteiger partial charge in [0.15, 0.2) is 6.61 Å². The summed E-state index contributed by atoms with van der Waals surface area (Å²) in [5.74, 6) is 1.89. The molecule has 33 heavy (non-hydrogen) atoms. The lowest BCUT2D eigenvalue weighted by atomic mass is 10.2. The second-order valence-electron chi connectivity index (χ2n) is 6.76. The van der Waals surface area contributed by atoms with Crippen LogP contribution < -0.4 is 9.47 Å². The van der Waals surface area contributed by atoms with Crippen molar-refractivity contribution in [3.8, 4) is 34.3 Å². The Balaban J connectivity index is 1.30. The highest BCUT2D eigenvalue weighted by Crippen LogP contribution is 2.31. The molecule has 4 rings (SSSR count). The molecule has 2 aromatic carbocycles. The van der Waals surface area contributed by atoms with Gasteiger partial charge >= 0.3 is 5.97 Å². The molecule has 0 fully saturated rings. The number of ether oxygens (including phenoxy) is 3. The molecule has 0 atom stereocenters. The summed E-state index contributed by atoms with van der Waals surface area (Å²) < 4.78 is 26.1. The molecule has 2 heterocycles. The minimum atomic E-state index is -0.469. The molecular formula is C22H19ClN4O6. The molecule has 4 aromatic rings.